The van der Waals surface area contributed by atoms with Crippen LogP contribution in [0.3, 0.4) is 0 Å². The summed E-state index contributed by atoms with van der Waals surface area (Å²) in [5.74, 6) is -4.72. The van der Waals surface area contributed by atoms with Crippen molar-refractivity contribution in [2.45, 2.75) is 125 Å². The second-order valence-electron chi connectivity index (χ2n) is 17.4. The molecule has 0 fully saturated rings. The van der Waals surface area contributed by atoms with Gasteiger partial charge in [0.25, 0.3) is 0 Å². The molecule has 0 bridgehead atoms. The molecule has 5 amide bonds. The number of amidine groups is 1. The molecule has 1 aromatic heterocycles. The van der Waals surface area contributed by atoms with E-state index in [4.69, 9.17) is 15.5 Å². The van der Waals surface area contributed by atoms with E-state index in [0.29, 0.717) is 5.01 Å². The number of carbonyl (C=O) groups is 6. The summed E-state index contributed by atoms with van der Waals surface area (Å²) in [4.78, 5) is 94.0. The van der Waals surface area contributed by atoms with Gasteiger partial charge < -0.3 is 36.6 Å². The number of carbonyl (C=O) groups excluding carboxylic acids is 6. The first kappa shape index (κ1) is 46.5. The molecule has 0 unspecified atom stereocenters. The minimum Gasteiger partial charge on any atom is -0.469 e. The van der Waals surface area contributed by atoms with Crippen molar-refractivity contribution in [3.63, 3.8) is 0 Å². The quantitative estimate of drug-likeness (QED) is 0.198. The van der Waals surface area contributed by atoms with Crippen LogP contribution in [0.1, 0.15) is 105 Å². The van der Waals surface area contributed by atoms with Crippen molar-refractivity contribution in [1.82, 2.24) is 31.2 Å². The fourth-order valence-corrected chi connectivity index (χ4v) is 7.51. The molecule has 16 heteroatoms. The maximum Gasteiger partial charge on any atom is 0.308 e. The van der Waals surface area contributed by atoms with Crippen molar-refractivity contribution in [2.75, 3.05) is 13.7 Å². The Morgan fingerprint density at radius 3 is 2.00 bits per heavy atom. The largest absolute Gasteiger partial charge is 0.469 e. The molecular formula is C41H62N8O7S. The van der Waals surface area contributed by atoms with Crippen molar-refractivity contribution in [1.29, 1.82) is 0 Å². The van der Waals surface area contributed by atoms with Crippen LogP contribution < -0.4 is 27.0 Å². The maximum atomic E-state index is 15.6. The lowest BCUT2D eigenvalue weighted by atomic mass is 9.81. The number of nitrogens with one attached hydrogen (secondary N) is 4. The van der Waals surface area contributed by atoms with Gasteiger partial charge >= 0.3 is 5.97 Å². The zero-order valence-electron chi connectivity index (χ0n) is 35.3. The average Bonchev–Trinajstić information content (AvgIpc) is 3.66. The first-order chi connectivity index (χ1) is 26.5. The third kappa shape index (κ3) is 12.1. The molecular weight excluding hydrogens is 749 g/mol. The zero-order valence-corrected chi connectivity index (χ0v) is 36.2. The summed E-state index contributed by atoms with van der Waals surface area (Å²) in [6, 6.07) is 2.76. The molecule has 0 saturated carbocycles. The zero-order chi connectivity index (χ0) is 43.0. The topological polar surface area (TPSA) is 214 Å². The Hall–Kier alpha value is -4.86. The van der Waals surface area contributed by atoms with Gasteiger partial charge in [-0.1, -0.05) is 106 Å². The number of amides is 5. The van der Waals surface area contributed by atoms with Gasteiger partial charge in [-0.2, -0.15) is 0 Å². The van der Waals surface area contributed by atoms with Crippen LogP contribution in [0.4, 0.5) is 0 Å². The van der Waals surface area contributed by atoms with E-state index in [1.54, 1.807) is 46.2 Å². The van der Waals surface area contributed by atoms with E-state index in [2.05, 4.69) is 26.3 Å². The van der Waals surface area contributed by atoms with E-state index in [-0.39, 0.29) is 24.1 Å². The molecule has 0 saturated heterocycles. The smallest absolute Gasteiger partial charge is 0.308 e. The van der Waals surface area contributed by atoms with Gasteiger partial charge in [-0.3, -0.25) is 33.8 Å². The van der Waals surface area contributed by atoms with Gasteiger partial charge in [0, 0.05) is 17.5 Å². The van der Waals surface area contributed by atoms with Crippen LogP contribution in [-0.2, 0) is 33.5 Å². The Labute approximate surface area is 340 Å². The van der Waals surface area contributed by atoms with Crippen LogP contribution in [0, 0.1) is 22.7 Å². The highest BCUT2D eigenvalue weighted by molar-refractivity contribution is 7.09. The SMILES string of the molecule is COC(=O)C[C@H](c1nccs1)N(C(=O)[C@@H](NC1=NCC(=O)N[C@@H](C(C)C)C(=O)N[C@@H](C(C)C)C(=O)N[C@H]1C(C)(C)C)C(C)(C)C)[C@H](C(N)=O)[C@@H](C)c1ccccc1. The van der Waals surface area contributed by atoms with Crippen LogP contribution in [0.15, 0.2) is 46.9 Å². The second-order valence-corrected chi connectivity index (χ2v) is 18.4. The summed E-state index contributed by atoms with van der Waals surface area (Å²) < 4.78 is 5.08. The Kier molecular flexibility index (Phi) is 15.9. The Bertz CT molecular complexity index is 1750. The van der Waals surface area contributed by atoms with Crippen LogP contribution in [0.25, 0.3) is 0 Å². The Balaban J connectivity index is 2.32. The predicted molar refractivity (Wildman–Crippen MR) is 220 cm³/mol. The normalized spacial score (nSPS) is 20.7. The number of aromatic nitrogens is 1. The van der Waals surface area contributed by atoms with E-state index >= 15 is 4.79 Å². The number of esters is 1. The molecule has 7 atom stereocenters. The molecule has 57 heavy (non-hydrogen) atoms. The molecule has 15 nitrogen and oxygen atoms in total. The van der Waals surface area contributed by atoms with Crippen molar-refractivity contribution in [2.24, 2.45) is 33.4 Å². The van der Waals surface area contributed by atoms with Crippen LogP contribution in [0.5, 0.6) is 0 Å². The molecule has 0 spiro atoms. The van der Waals surface area contributed by atoms with Crippen molar-refractivity contribution >= 4 is 52.7 Å². The summed E-state index contributed by atoms with van der Waals surface area (Å²) in [6.45, 7) is 19.6. The number of hydrogen-bond acceptors (Lipinski definition) is 11. The van der Waals surface area contributed by atoms with E-state index in [9.17, 15) is 24.0 Å². The highest BCUT2D eigenvalue weighted by Crippen LogP contribution is 2.36. The Morgan fingerprint density at radius 2 is 1.51 bits per heavy atom. The van der Waals surface area contributed by atoms with Crippen LogP contribution >= 0.6 is 11.3 Å². The number of thiazole rings is 1. The van der Waals surface area contributed by atoms with Crippen molar-refractivity contribution in [3.8, 4) is 0 Å². The lowest BCUT2D eigenvalue weighted by molar-refractivity contribution is -0.151. The van der Waals surface area contributed by atoms with E-state index in [0.717, 1.165) is 5.56 Å². The Morgan fingerprint density at radius 1 is 0.930 bits per heavy atom. The number of nitrogens with zero attached hydrogens (tertiary/aromatic N) is 3. The number of nitrogens with two attached hydrogens (primary N) is 1. The standard InChI is InChI=1S/C41H62N8O7S/c1-22(2)29-36(53)46-30(23(3)4)37(54)48-32(40(6,7)8)35(44-21-27(50)45-29)47-33(41(9,10)11)39(55)49(26(20-28(51)56-12)38-43-18-19-57-38)31(34(42)52)24(5)25-16-14-13-15-17-25/h13-19,22-24,26,29-33H,20-21H2,1-12H3,(H2,42,52)(H,44,47)(H,45,50)(H,46,53)(H,48,54)/t24-,26+,29-,30-,31-,32+,33+/m0/s1. The van der Waals surface area contributed by atoms with E-state index in [1.807, 2.05) is 71.9 Å². The third-order valence-corrected chi connectivity index (χ3v) is 10.9. The number of primary amides is 1. The molecule has 6 N–H and O–H groups in total. The summed E-state index contributed by atoms with van der Waals surface area (Å²) in [5.41, 5.74) is 5.26. The number of methoxy groups -OCH3 is 1. The van der Waals surface area contributed by atoms with Crippen LogP contribution in [-0.4, -0.2) is 95.1 Å². The summed E-state index contributed by atoms with van der Waals surface area (Å²) in [5, 5.41) is 14.1. The second kappa shape index (κ2) is 19.5. The van der Waals surface area contributed by atoms with Crippen molar-refractivity contribution < 1.29 is 33.5 Å². The minimum atomic E-state index is -1.28. The van der Waals surface area contributed by atoms with Gasteiger partial charge in [-0.25, -0.2) is 4.98 Å². The molecule has 2 heterocycles. The lowest BCUT2D eigenvalue weighted by Crippen LogP contribution is -2.65. The van der Waals surface area contributed by atoms with Gasteiger partial charge in [0.1, 0.15) is 41.6 Å². The van der Waals surface area contributed by atoms with Gasteiger partial charge in [0.05, 0.1) is 25.6 Å². The molecule has 1 aromatic carbocycles. The predicted octanol–water partition coefficient (Wildman–Crippen LogP) is 3.46. The van der Waals surface area contributed by atoms with E-state index in [1.165, 1.54) is 23.3 Å². The maximum absolute atomic E-state index is 15.6. The molecule has 1 aliphatic heterocycles. The highest BCUT2D eigenvalue weighted by atomic mass is 32.1. The van der Waals surface area contributed by atoms with E-state index < -0.39 is 95.0 Å². The highest BCUT2D eigenvalue weighted by Gasteiger charge is 2.47. The van der Waals surface area contributed by atoms with Gasteiger partial charge in [0.2, 0.25) is 29.5 Å². The number of benzene rings is 1. The van der Waals surface area contributed by atoms with Gasteiger partial charge in [-0.05, 0) is 28.2 Å². The number of aliphatic imine (C=N–C) groups is 1. The summed E-state index contributed by atoms with van der Waals surface area (Å²) in [7, 11) is 1.24. The summed E-state index contributed by atoms with van der Waals surface area (Å²) in [6.07, 6.45) is 1.21. The first-order valence-electron chi connectivity index (χ1n) is 19.3. The third-order valence-electron chi connectivity index (χ3n) is 10.0. The average molecular weight is 811 g/mol. The first-order valence-corrected chi connectivity index (χ1v) is 20.2. The molecule has 3 rings (SSSR count). The fraction of sp³-hybridized carbons (Fsp3) is 0.610. The van der Waals surface area contributed by atoms with Crippen LogP contribution in [0.2, 0.25) is 0 Å². The molecule has 314 valence electrons. The fourth-order valence-electron chi connectivity index (χ4n) is 6.77. The molecule has 2 aromatic rings. The molecule has 0 radical (unpaired) electrons. The van der Waals surface area contributed by atoms with Crippen molar-refractivity contribution in [3.05, 3.63) is 52.5 Å². The monoisotopic (exact) mass is 810 g/mol. The summed E-state index contributed by atoms with van der Waals surface area (Å²) >= 11 is 1.21. The number of ether oxygens (including phenoxy) is 1. The molecule has 0 aliphatic carbocycles. The molecule has 1 aliphatic rings. The number of rotatable bonds is 12. The lowest BCUT2D eigenvalue weighted by Gasteiger charge is -2.44. The van der Waals surface area contributed by atoms with Gasteiger partial charge in [-0.15, -0.1) is 11.3 Å². The van der Waals surface area contributed by atoms with Gasteiger partial charge in [0.15, 0.2) is 0 Å². The number of hydrogen-bond donors (Lipinski definition) is 5. The minimum absolute atomic E-state index is 0.125.